The lowest BCUT2D eigenvalue weighted by molar-refractivity contribution is -0.137. The first kappa shape index (κ1) is 17.8. The van der Waals surface area contributed by atoms with E-state index in [0.717, 1.165) is 18.4 Å². The third-order valence-electron chi connectivity index (χ3n) is 3.27. The van der Waals surface area contributed by atoms with Gasteiger partial charge in [0.05, 0.1) is 7.11 Å². The van der Waals surface area contributed by atoms with Gasteiger partial charge < -0.3 is 20.3 Å². The lowest BCUT2D eigenvalue weighted by Crippen LogP contribution is -2.24. The van der Waals surface area contributed by atoms with Crippen LogP contribution in [0.1, 0.15) is 37.7 Å². The summed E-state index contributed by atoms with van der Waals surface area (Å²) in [5.74, 6) is -0.341. The minimum Gasteiger partial charge on any atom is -0.504 e. The number of carboxylic acids is 1. The van der Waals surface area contributed by atoms with Gasteiger partial charge in [-0.1, -0.05) is 12.5 Å². The number of hydrogen-bond donors (Lipinski definition) is 3. The Kier molecular flexibility index (Phi) is 7.81. The summed E-state index contributed by atoms with van der Waals surface area (Å²) in [6.45, 7) is 0.567. The van der Waals surface area contributed by atoms with E-state index in [0.29, 0.717) is 31.6 Å². The molecule has 0 fully saturated rings. The first-order chi connectivity index (χ1) is 10.5. The Hall–Kier alpha value is -2.24. The molecule has 6 heteroatoms. The van der Waals surface area contributed by atoms with E-state index in [2.05, 4.69) is 5.32 Å². The van der Waals surface area contributed by atoms with Crippen LogP contribution in [0.4, 0.5) is 0 Å². The molecule has 0 spiro atoms. The van der Waals surface area contributed by atoms with Gasteiger partial charge in [0.25, 0.3) is 0 Å². The van der Waals surface area contributed by atoms with Crippen molar-refractivity contribution in [1.82, 2.24) is 5.32 Å². The summed E-state index contributed by atoms with van der Waals surface area (Å²) in [7, 11) is 1.48. The molecule has 0 unspecified atom stereocenters. The van der Waals surface area contributed by atoms with Crippen LogP contribution >= 0.6 is 0 Å². The molecule has 1 amide bonds. The van der Waals surface area contributed by atoms with Crippen LogP contribution in [0, 0.1) is 0 Å². The first-order valence-corrected chi connectivity index (χ1v) is 7.37. The van der Waals surface area contributed by atoms with E-state index in [-0.39, 0.29) is 18.1 Å². The van der Waals surface area contributed by atoms with Gasteiger partial charge in [0.2, 0.25) is 5.91 Å². The molecule has 0 aliphatic carbocycles. The highest BCUT2D eigenvalue weighted by atomic mass is 16.5. The second kappa shape index (κ2) is 9.65. The number of aliphatic carboxylic acids is 1. The molecule has 0 radical (unpaired) electrons. The maximum Gasteiger partial charge on any atom is 0.303 e. The van der Waals surface area contributed by atoms with Crippen LogP contribution in [0.25, 0.3) is 0 Å². The van der Waals surface area contributed by atoms with Crippen LogP contribution in [0.5, 0.6) is 11.5 Å². The van der Waals surface area contributed by atoms with E-state index >= 15 is 0 Å². The second-order valence-corrected chi connectivity index (χ2v) is 5.06. The maximum atomic E-state index is 11.7. The monoisotopic (exact) mass is 309 g/mol. The van der Waals surface area contributed by atoms with Gasteiger partial charge >= 0.3 is 5.97 Å². The summed E-state index contributed by atoms with van der Waals surface area (Å²) in [6.07, 6.45) is 3.33. The smallest absolute Gasteiger partial charge is 0.303 e. The van der Waals surface area contributed by atoms with Gasteiger partial charge in [-0.25, -0.2) is 0 Å². The average Bonchev–Trinajstić information content (AvgIpc) is 2.49. The van der Waals surface area contributed by atoms with Crippen molar-refractivity contribution in [2.75, 3.05) is 13.7 Å². The molecule has 1 aromatic carbocycles. The quantitative estimate of drug-likeness (QED) is 0.575. The highest BCUT2D eigenvalue weighted by molar-refractivity contribution is 5.76. The fraction of sp³-hybridized carbons (Fsp3) is 0.500. The molecule has 22 heavy (non-hydrogen) atoms. The standard InChI is InChI=1S/C16H23NO5/c1-22-14-11-12(6-8-13(14)18)7-9-15(19)17-10-4-2-3-5-16(20)21/h6,8,11,18H,2-5,7,9-10H2,1H3,(H,17,19)(H,20,21). The zero-order chi connectivity index (χ0) is 16.4. The SMILES string of the molecule is COc1cc(CCC(=O)NCCCCCC(=O)O)ccc1O. The molecule has 0 bridgehead atoms. The lowest BCUT2D eigenvalue weighted by Gasteiger charge is -2.07. The predicted molar refractivity (Wildman–Crippen MR) is 82.1 cm³/mol. The molecular weight excluding hydrogens is 286 g/mol. The Morgan fingerprint density at radius 3 is 2.64 bits per heavy atom. The summed E-state index contributed by atoms with van der Waals surface area (Å²) < 4.78 is 5.02. The molecule has 122 valence electrons. The van der Waals surface area contributed by atoms with Crippen molar-refractivity contribution < 1.29 is 24.5 Å². The number of hydrogen-bond acceptors (Lipinski definition) is 4. The van der Waals surface area contributed by atoms with Crippen molar-refractivity contribution in [3.63, 3.8) is 0 Å². The number of rotatable bonds is 10. The minimum atomic E-state index is -0.784. The molecule has 1 rings (SSSR count). The molecule has 0 saturated carbocycles. The van der Waals surface area contributed by atoms with Crippen LogP contribution in [0.3, 0.4) is 0 Å². The third-order valence-corrected chi connectivity index (χ3v) is 3.27. The number of amides is 1. The van der Waals surface area contributed by atoms with Gasteiger partial charge in [0, 0.05) is 19.4 Å². The van der Waals surface area contributed by atoms with Gasteiger partial charge in [-0.2, -0.15) is 0 Å². The molecule has 0 saturated heterocycles. The van der Waals surface area contributed by atoms with Crippen molar-refractivity contribution in [3.05, 3.63) is 23.8 Å². The maximum absolute atomic E-state index is 11.7. The highest BCUT2D eigenvalue weighted by Crippen LogP contribution is 2.26. The van der Waals surface area contributed by atoms with Crippen LogP contribution < -0.4 is 10.1 Å². The van der Waals surface area contributed by atoms with Crippen molar-refractivity contribution in [1.29, 1.82) is 0 Å². The highest BCUT2D eigenvalue weighted by Gasteiger charge is 2.06. The molecule has 3 N–H and O–H groups in total. The number of unbranched alkanes of at least 4 members (excludes halogenated alkanes) is 2. The van der Waals surface area contributed by atoms with E-state index in [1.807, 2.05) is 0 Å². The zero-order valence-corrected chi connectivity index (χ0v) is 12.8. The van der Waals surface area contributed by atoms with Gasteiger partial charge in [0.1, 0.15) is 0 Å². The molecule has 0 heterocycles. The number of phenols is 1. The molecule has 0 atom stereocenters. The summed E-state index contributed by atoms with van der Waals surface area (Å²) in [5.41, 5.74) is 0.922. The number of carboxylic acid groups (broad SMARTS) is 1. The Labute approximate surface area is 130 Å². The van der Waals surface area contributed by atoms with E-state index in [1.54, 1.807) is 18.2 Å². The number of ether oxygens (including phenoxy) is 1. The lowest BCUT2D eigenvalue weighted by atomic mass is 10.1. The Bertz CT molecular complexity index is 501. The minimum absolute atomic E-state index is 0.0368. The van der Waals surface area contributed by atoms with Crippen molar-refractivity contribution in [3.8, 4) is 11.5 Å². The largest absolute Gasteiger partial charge is 0.504 e. The normalized spacial score (nSPS) is 10.2. The van der Waals surface area contributed by atoms with Crippen LogP contribution in [0.2, 0.25) is 0 Å². The molecule has 0 aliphatic heterocycles. The first-order valence-electron chi connectivity index (χ1n) is 7.37. The topological polar surface area (TPSA) is 95.9 Å². The fourth-order valence-electron chi connectivity index (χ4n) is 2.03. The Morgan fingerprint density at radius 1 is 1.18 bits per heavy atom. The molecule has 0 aliphatic rings. The molecule has 0 aromatic heterocycles. The molecule has 1 aromatic rings. The summed E-state index contributed by atoms with van der Waals surface area (Å²) >= 11 is 0. The van der Waals surface area contributed by atoms with Gasteiger partial charge in [-0.3, -0.25) is 9.59 Å². The van der Waals surface area contributed by atoms with Gasteiger partial charge in [0.15, 0.2) is 11.5 Å². The number of carbonyl (C=O) groups excluding carboxylic acids is 1. The zero-order valence-electron chi connectivity index (χ0n) is 12.8. The number of carbonyl (C=O) groups is 2. The van der Waals surface area contributed by atoms with Crippen molar-refractivity contribution in [2.45, 2.75) is 38.5 Å². The number of aromatic hydroxyl groups is 1. The van der Waals surface area contributed by atoms with Gasteiger partial charge in [-0.15, -0.1) is 0 Å². The van der Waals surface area contributed by atoms with E-state index in [4.69, 9.17) is 9.84 Å². The van der Waals surface area contributed by atoms with E-state index in [1.165, 1.54) is 7.11 Å². The Balaban J connectivity index is 2.19. The summed E-state index contributed by atoms with van der Waals surface area (Å²) in [5, 5.41) is 20.8. The molecular formula is C16H23NO5. The average molecular weight is 309 g/mol. The summed E-state index contributed by atoms with van der Waals surface area (Å²) in [6, 6.07) is 5.03. The number of phenolic OH excluding ortho intramolecular Hbond substituents is 1. The van der Waals surface area contributed by atoms with Gasteiger partial charge in [-0.05, 0) is 37.0 Å². The third kappa shape index (κ3) is 6.97. The van der Waals surface area contributed by atoms with Crippen LogP contribution in [-0.4, -0.2) is 35.7 Å². The summed E-state index contributed by atoms with van der Waals surface area (Å²) in [4.78, 5) is 22.0. The number of methoxy groups -OCH3 is 1. The molecule has 6 nitrogen and oxygen atoms in total. The predicted octanol–water partition coefficient (Wildman–Crippen LogP) is 2.09. The van der Waals surface area contributed by atoms with Crippen molar-refractivity contribution in [2.24, 2.45) is 0 Å². The van der Waals surface area contributed by atoms with Crippen molar-refractivity contribution >= 4 is 11.9 Å². The van der Waals surface area contributed by atoms with E-state index < -0.39 is 5.97 Å². The number of aryl methyl sites for hydroxylation is 1. The Morgan fingerprint density at radius 2 is 1.95 bits per heavy atom. The number of benzene rings is 1. The number of nitrogens with one attached hydrogen (secondary N) is 1. The van der Waals surface area contributed by atoms with Crippen LogP contribution in [0.15, 0.2) is 18.2 Å². The van der Waals surface area contributed by atoms with E-state index in [9.17, 15) is 14.7 Å². The fourth-order valence-corrected chi connectivity index (χ4v) is 2.03. The van der Waals surface area contributed by atoms with Crippen LogP contribution in [-0.2, 0) is 16.0 Å². The second-order valence-electron chi connectivity index (χ2n) is 5.06.